The van der Waals surface area contributed by atoms with Crippen LogP contribution in [0, 0.1) is 4.77 Å². The Labute approximate surface area is 204 Å². The molecule has 0 radical (unpaired) electrons. The molecule has 33 heavy (non-hydrogen) atoms. The van der Waals surface area contributed by atoms with Gasteiger partial charge < -0.3 is 24.3 Å². The van der Waals surface area contributed by atoms with Crippen LogP contribution in [0.2, 0.25) is 36.3 Å². The number of nitrogens with two attached hydrogens (primary N) is 1. The lowest BCUT2D eigenvalue weighted by Gasteiger charge is -2.40. The van der Waals surface area contributed by atoms with Crippen LogP contribution in [0.5, 0.6) is 0 Å². The van der Waals surface area contributed by atoms with Gasteiger partial charge in [-0.3, -0.25) is 4.57 Å². The Hall–Kier alpha value is -1.12. The van der Waals surface area contributed by atoms with Gasteiger partial charge in [0.15, 0.2) is 32.9 Å². The number of H-pyrrole nitrogens is 1. The molecule has 8 nitrogen and oxygen atoms in total. The minimum absolute atomic E-state index is 0.0910. The standard InChI is InChI=1S/C22H41N5O3SSi2/c1-21(2,3)32(7,8)28-12-15-14(30-33(9,10)22(4,5)6)11-16(29-15)27-19-17(26-20(27)31)18(23)24-13-25-19/h13-16H,11-12H2,1-10H3,(H,26,31)(H2,23,24,25)/t14?,15-,16-/m1/s1. The fraction of sp³-hybridized carbons (Fsp3) is 0.773. The second-order valence-corrected chi connectivity index (χ2v) is 22.1. The van der Waals surface area contributed by atoms with Crippen molar-refractivity contribution in [2.75, 3.05) is 12.3 Å². The summed E-state index contributed by atoms with van der Waals surface area (Å²) in [5.74, 6) is 0.370. The summed E-state index contributed by atoms with van der Waals surface area (Å²) >= 11 is 5.62. The summed E-state index contributed by atoms with van der Waals surface area (Å²) in [6.45, 7) is 23.1. The third-order valence-corrected chi connectivity index (χ3v) is 17.0. The number of imidazole rings is 1. The molecule has 0 saturated carbocycles. The van der Waals surface area contributed by atoms with Gasteiger partial charge in [0.05, 0.1) is 12.7 Å². The number of ether oxygens (including phenoxy) is 1. The highest BCUT2D eigenvalue weighted by Gasteiger charge is 2.47. The van der Waals surface area contributed by atoms with Crippen molar-refractivity contribution in [2.24, 2.45) is 0 Å². The Morgan fingerprint density at radius 2 is 1.73 bits per heavy atom. The number of aromatic amines is 1. The summed E-state index contributed by atoms with van der Waals surface area (Å²) in [4.78, 5) is 11.6. The molecule has 0 bridgehead atoms. The van der Waals surface area contributed by atoms with Crippen LogP contribution in [0.3, 0.4) is 0 Å². The SMILES string of the molecule is CC(C)(C)[Si](C)(C)OC[C@H]1O[C@@H](n2c(=S)[nH]c3c(N)ncnc32)CC1O[Si](C)(C)C(C)(C)C. The fourth-order valence-electron chi connectivity index (χ4n) is 3.42. The summed E-state index contributed by atoms with van der Waals surface area (Å²) in [7, 11) is -3.97. The zero-order valence-corrected chi connectivity index (χ0v) is 24.6. The van der Waals surface area contributed by atoms with E-state index in [-0.39, 0.29) is 28.5 Å². The van der Waals surface area contributed by atoms with Crippen molar-refractivity contribution in [2.45, 2.75) is 103 Å². The van der Waals surface area contributed by atoms with E-state index in [0.717, 1.165) is 0 Å². The van der Waals surface area contributed by atoms with E-state index in [9.17, 15) is 0 Å². The second-order valence-electron chi connectivity index (χ2n) is 12.1. The van der Waals surface area contributed by atoms with Gasteiger partial charge >= 0.3 is 0 Å². The van der Waals surface area contributed by atoms with Crippen LogP contribution in [0.25, 0.3) is 11.2 Å². The van der Waals surface area contributed by atoms with Crippen LogP contribution >= 0.6 is 12.2 Å². The van der Waals surface area contributed by atoms with E-state index in [1.807, 2.05) is 4.57 Å². The van der Waals surface area contributed by atoms with Crippen LogP contribution in [0.4, 0.5) is 5.82 Å². The van der Waals surface area contributed by atoms with E-state index < -0.39 is 16.6 Å². The average Bonchev–Trinajstić information content (AvgIpc) is 3.18. The summed E-state index contributed by atoms with van der Waals surface area (Å²) in [5.41, 5.74) is 7.32. The highest BCUT2D eigenvalue weighted by Crippen LogP contribution is 2.43. The van der Waals surface area contributed by atoms with Gasteiger partial charge in [0.25, 0.3) is 0 Å². The molecule has 1 aliphatic heterocycles. The van der Waals surface area contributed by atoms with E-state index in [1.165, 1.54) is 6.33 Å². The third-order valence-electron chi connectivity index (χ3n) is 7.67. The zero-order chi connectivity index (χ0) is 25.0. The first kappa shape index (κ1) is 26.5. The van der Waals surface area contributed by atoms with E-state index >= 15 is 0 Å². The summed E-state index contributed by atoms with van der Waals surface area (Å²) in [6.07, 6.45) is 1.52. The molecule has 1 aliphatic rings. The Bertz CT molecular complexity index is 1050. The molecule has 0 aliphatic carbocycles. The maximum atomic E-state index is 6.86. The molecule has 0 amide bonds. The van der Waals surface area contributed by atoms with Crippen LogP contribution in [-0.2, 0) is 13.6 Å². The maximum Gasteiger partial charge on any atom is 0.192 e. The molecule has 186 valence electrons. The van der Waals surface area contributed by atoms with E-state index in [2.05, 4.69) is 82.7 Å². The lowest BCUT2D eigenvalue weighted by molar-refractivity contribution is -0.0388. The van der Waals surface area contributed by atoms with Gasteiger partial charge in [-0.15, -0.1) is 0 Å². The predicted octanol–water partition coefficient (Wildman–Crippen LogP) is 5.77. The zero-order valence-electron chi connectivity index (χ0n) is 21.8. The number of nitrogens with one attached hydrogen (secondary N) is 1. The smallest absolute Gasteiger partial charge is 0.192 e. The molecule has 3 heterocycles. The fourth-order valence-corrected chi connectivity index (χ4v) is 6.10. The minimum Gasteiger partial charge on any atom is -0.414 e. The molecule has 2 aromatic heterocycles. The number of nitrogens with zero attached hydrogens (tertiary/aromatic N) is 3. The van der Waals surface area contributed by atoms with Gasteiger partial charge in [0.1, 0.15) is 24.2 Å². The monoisotopic (exact) mass is 511 g/mol. The van der Waals surface area contributed by atoms with Gasteiger partial charge in [-0.25, -0.2) is 9.97 Å². The van der Waals surface area contributed by atoms with Crippen molar-refractivity contribution in [3.05, 3.63) is 11.1 Å². The van der Waals surface area contributed by atoms with Gasteiger partial charge in [-0.1, -0.05) is 41.5 Å². The minimum atomic E-state index is -2.03. The molecule has 0 spiro atoms. The van der Waals surface area contributed by atoms with Gasteiger partial charge in [0.2, 0.25) is 0 Å². The van der Waals surface area contributed by atoms with Gasteiger partial charge in [0, 0.05) is 6.42 Å². The van der Waals surface area contributed by atoms with E-state index in [1.54, 1.807) is 0 Å². The van der Waals surface area contributed by atoms with Crippen LogP contribution < -0.4 is 5.73 Å². The molecular formula is C22H41N5O3SSi2. The predicted molar refractivity (Wildman–Crippen MR) is 141 cm³/mol. The maximum absolute atomic E-state index is 6.86. The number of aromatic nitrogens is 4. The number of anilines is 1. The molecule has 2 aromatic rings. The van der Waals surface area contributed by atoms with Gasteiger partial charge in [-0.05, 0) is 48.5 Å². The molecule has 1 saturated heterocycles. The van der Waals surface area contributed by atoms with Crippen molar-refractivity contribution in [1.29, 1.82) is 0 Å². The Balaban J connectivity index is 1.93. The first-order chi connectivity index (χ1) is 14.9. The number of fused-ring (bicyclic) bond motifs is 1. The topological polar surface area (TPSA) is 100 Å². The second kappa shape index (κ2) is 8.83. The largest absolute Gasteiger partial charge is 0.414 e. The normalized spacial score (nSPS) is 22.9. The van der Waals surface area contributed by atoms with Crippen molar-refractivity contribution in [1.82, 2.24) is 19.5 Å². The molecule has 1 unspecified atom stereocenters. The van der Waals surface area contributed by atoms with Crippen LogP contribution in [0.15, 0.2) is 6.33 Å². The number of nitrogen functional groups attached to an aromatic ring is 1. The first-order valence-electron chi connectivity index (χ1n) is 11.6. The molecule has 3 rings (SSSR count). The lowest BCUT2D eigenvalue weighted by atomic mass is 10.2. The van der Waals surface area contributed by atoms with Crippen molar-refractivity contribution in [3.63, 3.8) is 0 Å². The Morgan fingerprint density at radius 1 is 1.12 bits per heavy atom. The Morgan fingerprint density at radius 3 is 2.30 bits per heavy atom. The molecule has 3 atom stereocenters. The van der Waals surface area contributed by atoms with Gasteiger partial charge in [-0.2, -0.15) is 0 Å². The number of rotatable bonds is 6. The van der Waals surface area contributed by atoms with Crippen LogP contribution in [0.1, 0.15) is 54.2 Å². The highest BCUT2D eigenvalue weighted by molar-refractivity contribution is 7.71. The third kappa shape index (κ3) is 5.28. The number of hydrogen-bond donors (Lipinski definition) is 2. The van der Waals surface area contributed by atoms with E-state index in [0.29, 0.717) is 34.8 Å². The quantitative estimate of drug-likeness (QED) is 0.375. The summed E-state index contributed by atoms with van der Waals surface area (Å²) in [5, 5.41) is 0.212. The van der Waals surface area contributed by atoms with Crippen LogP contribution in [-0.4, -0.2) is 55.0 Å². The highest BCUT2D eigenvalue weighted by atomic mass is 32.1. The lowest BCUT2D eigenvalue weighted by Crippen LogP contribution is -2.48. The first-order valence-corrected chi connectivity index (χ1v) is 17.8. The molecular weight excluding hydrogens is 471 g/mol. The summed E-state index contributed by atoms with van der Waals surface area (Å²) in [6, 6.07) is 0. The molecule has 11 heteroatoms. The molecule has 1 fully saturated rings. The average molecular weight is 512 g/mol. The van der Waals surface area contributed by atoms with Crippen molar-refractivity contribution < 1.29 is 13.6 Å². The number of hydrogen-bond acceptors (Lipinski definition) is 7. The van der Waals surface area contributed by atoms with Crippen molar-refractivity contribution in [3.8, 4) is 0 Å². The van der Waals surface area contributed by atoms with E-state index in [4.69, 9.17) is 31.5 Å². The van der Waals surface area contributed by atoms with Crippen molar-refractivity contribution >= 4 is 45.8 Å². The molecule has 0 aromatic carbocycles. The molecule has 3 N–H and O–H groups in total. The Kier molecular flexibility index (Phi) is 7.09. The summed E-state index contributed by atoms with van der Waals surface area (Å²) < 4.78 is 22.4.